The Labute approximate surface area is 123 Å². The summed E-state index contributed by atoms with van der Waals surface area (Å²) in [6.07, 6.45) is 8.58. The van der Waals surface area contributed by atoms with Gasteiger partial charge in [0.05, 0.1) is 0 Å². The molecule has 20 heavy (non-hydrogen) atoms. The summed E-state index contributed by atoms with van der Waals surface area (Å²) in [7, 11) is 0. The standard InChI is InChI=1S/C17H29N3/c1-13(2)19-8-4-5-15(12-19)9-17-18-10-16-7-6-14(3)11-20(16)17/h10,13-15H,4-9,11-12H2,1-3H3. The molecule has 2 aliphatic heterocycles. The van der Waals surface area contributed by atoms with Gasteiger partial charge in [0.1, 0.15) is 5.82 Å². The van der Waals surface area contributed by atoms with Gasteiger partial charge in [0.25, 0.3) is 0 Å². The minimum atomic E-state index is 0.687. The zero-order chi connectivity index (χ0) is 14.1. The first-order valence-electron chi connectivity index (χ1n) is 8.40. The van der Waals surface area contributed by atoms with Crippen molar-refractivity contribution in [2.24, 2.45) is 11.8 Å². The van der Waals surface area contributed by atoms with Crippen molar-refractivity contribution >= 4 is 0 Å². The number of piperidine rings is 1. The summed E-state index contributed by atoms with van der Waals surface area (Å²) >= 11 is 0. The fourth-order valence-corrected chi connectivity index (χ4v) is 3.83. The number of fused-ring (bicyclic) bond motifs is 1. The van der Waals surface area contributed by atoms with Crippen LogP contribution in [-0.4, -0.2) is 33.6 Å². The number of aryl methyl sites for hydroxylation is 1. The van der Waals surface area contributed by atoms with E-state index in [0.717, 1.165) is 11.8 Å². The Morgan fingerprint density at radius 2 is 2.15 bits per heavy atom. The summed E-state index contributed by atoms with van der Waals surface area (Å²) in [4.78, 5) is 7.38. The van der Waals surface area contributed by atoms with E-state index < -0.39 is 0 Å². The maximum atomic E-state index is 4.74. The van der Waals surface area contributed by atoms with Crippen LogP contribution in [0.1, 0.15) is 51.6 Å². The molecule has 0 spiro atoms. The Morgan fingerprint density at radius 3 is 2.95 bits per heavy atom. The second-order valence-electron chi connectivity index (χ2n) is 7.22. The van der Waals surface area contributed by atoms with Crippen molar-refractivity contribution in [1.82, 2.24) is 14.5 Å². The Hall–Kier alpha value is -0.830. The van der Waals surface area contributed by atoms with Crippen LogP contribution in [0.4, 0.5) is 0 Å². The van der Waals surface area contributed by atoms with Gasteiger partial charge in [0.2, 0.25) is 0 Å². The lowest BCUT2D eigenvalue weighted by atomic mass is 9.93. The summed E-state index contributed by atoms with van der Waals surface area (Å²) < 4.78 is 2.52. The van der Waals surface area contributed by atoms with Gasteiger partial charge in [0.15, 0.2) is 0 Å². The highest BCUT2D eigenvalue weighted by Crippen LogP contribution is 2.25. The Balaban J connectivity index is 1.67. The lowest BCUT2D eigenvalue weighted by molar-refractivity contribution is 0.138. The van der Waals surface area contributed by atoms with E-state index in [0.29, 0.717) is 6.04 Å². The third kappa shape index (κ3) is 2.93. The average molecular weight is 275 g/mol. The van der Waals surface area contributed by atoms with Crippen molar-refractivity contribution in [3.63, 3.8) is 0 Å². The first-order chi connectivity index (χ1) is 9.63. The topological polar surface area (TPSA) is 21.1 Å². The normalized spacial score (nSPS) is 27.8. The molecule has 0 radical (unpaired) electrons. The van der Waals surface area contributed by atoms with Gasteiger partial charge < -0.3 is 9.47 Å². The lowest BCUT2D eigenvalue weighted by Gasteiger charge is -2.35. The Bertz CT molecular complexity index is 449. The lowest BCUT2D eigenvalue weighted by Crippen LogP contribution is -2.40. The molecule has 2 aliphatic rings. The van der Waals surface area contributed by atoms with E-state index in [1.807, 2.05) is 0 Å². The second kappa shape index (κ2) is 5.88. The monoisotopic (exact) mass is 275 g/mol. The van der Waals surface area contributed by atoms with Gasteiger partial charge >= 0.3 is 0 Å². The van der Waals surface area contributed by atoms with Gasteiger partial charge in [-0.15, -0.1) is 0 Å². The maximum Gasteiger partial charge on any atom is 0.109 e. The minimum absolute atomic E-state index is 0.687. The van der Waals surface area contributed by atoms with Crippen molar-refractivity contribution in [2.45, 2.75) is 65.5 Å². The Morgan fingerprint density at radius 1 is 1.30 bits per heavy atom. The zero-order valence-electron chi connectivity index (χ0n) is 13.3. The summed E-state index contributed by atoms with van der Waals surface area (Å²) in [5.41, 5.74) is 1.47. The molecule has 1 aromatic rings. The van der Waals surface area contributed by atoms with E-state index in [2.05, 4.69) is 36.4 Å². The van der Waals surface area contributed by atoms with Crippen LogP contribution in [0.5, 0.6) is 0 Å². The van der Waals surface area contributed by atoms with Crippen molar-refractivity contribution in [3.05, 3.63) is 17.7 Å². The van der Waals surface area contributed by atoms with Crippen molar-refractivity contribution < 1.29 is 0 Å². The van der Waals surface area contributed by atoms with Gasteiger partial charge in [-0.2, -0.15) is 0 Å². The van der Waals surface area contributed by atoms with Crippen LogP contribution in [-0.2, 0) is 19.4 Å². The fourth-order valence-electron chi connectivity index (χ4n) is 3.83. The van der Waals surface area contributed by atoms with Gasteiger partial charge in [-0.1, -0.05) is 6.92 Å². The fraction of sp³-hybridized carbons (Fsp3) is 0.824. The number of imidazole rings is 1. The molecule has 2 atom stereocenters. The molecule has 2 unspecified atom stereocenters. The zero-order valence-corrected chi connectivity index (χ0v) is 13.3. The first-order valence-corrected chi connectivity index (χ1v) is 8.40. The molecule has 0 amide bonds. The molecule has 0 aliphatic carbocycles. The summed E-state index contributed by atoms with van der Waals surface area (Å²) in [6.45, 7) is 10.7. The van der Waals surface area contributed by atoms with E-state index in [-0.39, 0.29) is 0 Å². The molecule has 0 bridgehead atoms. The number of nitrogens with zero attached hydrogens (tertiary/aromatic N) is 3. The van der Waals surface area contributed by atoms with Crippen molar-refractivity contribution in [1.29, 1.82) is 0 Å². The summed E-state index contributed by atoms with van der Waals surface area (Å²) in [5.74, 6) is 2.96. The molecule has 112 valence electrons. The highest BCUT2D eigenvalue weighted by Gasteiger charge is 2.25. The second-order valence-corrected chi connectivity index (χ2v) is 7.22. The van der Waals surface area contributed by atoms with Crippen molar-refractivity contribution in [2.75, 3.05) is 13.1 Å². The average Bonchev–Trinajstić information content (AvgIpc) is 2.82. The third-order valence-corrected chi connectivity index (χ3v) is 5.16. The van der Waals surface area contributed by atoms with E-state index in [9.17, 15) is 0 Å². The highest BCUT2D eigenvalue weighted by molar-refractivity contribution is 5.09. The van der Waals surface area contributed by atoms with Crippen LogP contribution in [0.25, 0.3) is 0 Å². The molecule has 0 aromatic carbocycles. The predicted molar refractivity (Wildman–Crippen MR) is 82.8 cm³/mol. The molecule has 3 heterocycles. The smallest absolute Gasteiger partial charge is 0.109 e. The number of aromatic nitrogens is 2. The number of hydrogen-bond donors (Lipinski definition) is 0. The number of hydrogen-bond acceptors (Lipinski definition) is 2. The van der Waals surface area contributed by atoms with Crippen molar-refractivity contribution in [3.8, 4) is 0 Å². The van der Waals surface area contributed by atoms with Gasteiger partial charge in [-0.05, 0) is 57.9 Å². The van der Waals surface area contributed by atoms with Crippen LogP contribution in [0.15, 0.2) is 6.20 Å². The molecule has 0 saturated carbocycles. The van der Waals surface area contributed by atoms with E-state index in [1.165, 1.54) is 63.3 Å². The molecule has 3 rings (SSSR count). The first kappa shape index (κ1) is 14.1. The van der Waals surface area contributed by atoms with Gasteiger partial charge in [0, 0.05) is 37.4 Å². The Kier molecular flexibility index (Phi) is 4.16. The molecule has 1 saturated heterocycles. The third-order valence-electron chi connectivity index (χ3n) is 5.16. The van der Waals surface area contributed by atoms with E-state index in [4.69, 9.17) is 4.98 Å². The number of rotatable bonds is 3. The van der Waals surface area contributed by atoms with E-state index in [1.54, 1.807) is 0 Å². The predicted octanol–water partition coefficient (Wildman–Crippen LogP) is 3.13. The maximum absolute atomic E-state index is 4.74. The van der Waals surface area contributed by atoms with E-state index >= 15 is 0 Å². The quantitative estimate of drug-likeness (QED) is 0.845. The molecule has 3 nitrogen and oxygen atoms in total. The van der Waals surface area contributed by atoms with Crippen LogP contribution in [0, 0.1) is 11.8 Å². The van der Waals surface area contributed by atoms with Crippen LogP contribution in [0.2, 0.25) is 0 Å². The highest BCUT2D eigenvalue weighted by atomic mass is 15.2. The van der Waals surface area contributed by atoms with Crippen LogP contribution in [0.3, 0.4) is 0 Å². The molecule has 0 N–H and O–H groups in total. The largest absolute Gasteiger partial charge is 0.332 e. The molecular weight excluding hydrogens is 246 g/mol. The molecular formula is C17H29N3. The molecule has 3 heteroatoms. The van der Waals surface area contributed by atoms with Gasteiger partial charge in [-0.3, -0.25) is 0 Å². The molecule has 1 aromatic heterocycles. The summed E-state index contributed by atoms with van der Waals surface area (Å²) in [5, 5.41) is 0. The number of likely N-dealkylation sites (tertiary alicyclic amines) is 1. The van der Waals surface area contributed by atoms with Crippen LogP contribution >= 0.6 is 0 Å². The van der Waals surface area contributed by atoms with Gasteiger partial charge in [-0.25, -0.2) is 4.98 Å². The minimum Gasteiger partial charge on any atom is -0.332 e. The SMILES string of the molecule is CC1CCc2cnc(CC3CCCN(C(C)C)C3)n2C1. The van der Waals surface area contributed by atoms with Crippen LogP contribution < -0.4 is 0 Å². The molecule has 1 fully saturated rings. The summed E-state index contributed by atoms with van der Waals surface area (Å²) in [6, 6.07) is 0.687.